The van der Waals surface area contributed by atoms with E-state index in [0.717, 1.165) is 42.2 Å². The van der Waals surface area contributed by atoms with Crippen molar-refractivity contribution in [3.63, 3.8) is 0 Å². The van der Waals surface area contributed by atoms with Crippen molar-refractivity contribution in [2.24, 2.45) is 5.73 Å². The standard InChI is InChI=1S/C17H21N5O/c18-16(23)10-15-13-5-1-2-6-14(13)19-17(20-15)22-9-8-21-7-3-4-12(21)11-22/h1-2,5-6,12H,3-4,7-11H2,(H2,18,23). The van der Waals surface area contributed by atoms with Crippen LogP contribution in [-0.4, -0.2) is 53.0 Å². The molecule has 23 heavy (non-hydrogen) atoms. The van der Waals surface area contributed by atoms with Crippen molar-refractivity contribution < 1.29 is 4.79 Å². The topological polar surface area (TPSA) is 75.4 Å². The fourth-order valence-electron chi connectivity index (χ4n) is 3.74. The van der Waals surface area contributed by atoms with Crippen molar-refractivity contribution in [1.82, 2.24) is 14.9 Å². The van der Waals surface area contributed by atoms with Crippen LogP contribution in [0.1, 0.15) is 18.5 Å². The zero-order valence-corrected chi connectivity index (χ0v) is 13.1. The third kappa shape index (κ3) is 2.74. The lowest BCUT2D eigenvalue weighted by molar-refractivity contribution is -0.117. The predicted molar refractivity (Wildman–Crippen MR) is 89.2 cm³/mol. The van der Waals surface area contributed by atoms with E-state index in [2.05, 4.69) is 14.8 Å². The monoisotopic (exact) mass is 311 g/mol. The molecule has 6 heteroatoms. The number of hydrogen-bond acceptors (Lipinski definition) is 5. The molecule has 2 aliphatic rings. The minimum atomic E-state index is -0.361. The predicted octanol–water partition coefficient (Wildman–Crippen LogP) is 0.942. The summed E-state index contributed by atoms with van der Waals surface area (Å²) in [6, 6.07) is 8.43. The molecule has 4 rings (SSSR count). The van der Waals surface area contributed by atoms with E-state index in [4.69, 9.17) is 10.7 Å². The van der Waals surface area contributed by atoms with Gasteiger partial charge in [0.05, 0.1) is 17.6 Å². The molecule has 2 fully saturated rings. The van der Waals surface area contributed by atoms with Crippen molar-refractivity contribution in [1.29, 1.82) is 0 Å². The fraction of sp³-hybridized carbons (Fsp3) is 0.471. The first-order chi connectivity index (χ1) is 11.2. The van der Waals surface area contributed by atoms with Gasteiger partial charge in [-0.05, 0) is 25.5 Å². The van der Waals surface area contributed by atoms with E-state index in [-0.39, 0.29) is 12.3 Å². The van der Waals surface area contributed by atoms with Gasteiger partial charge in [0.25, 0.3) is 0 Å². The van der Waals surface area contributed by atoms with E-state index in [9.17, 15) is 4.79 Å². The normalized spacial score (nSPS) is 21.6. The molecule has 0 bridgehead atoms. The van der Waals surface area contributed by atoms with Crippen LogP contribution in [-0.2, 0) is 11.2 Å². The zero-order valence-electron chi connectivity index (χ0n) is 13.1. The Labute approximate surface area is 135 Å². The Balaban J connectivity index is 1.70. The summed E-state index contributed by atoms with van der Waals surface area (Å²) in [5, 5.41) is 0.912. The van der Waals surface area contributed by atoms with Crippen LogP contribution < -0.4 is 10.6 Å². The number of fused-ring (bicyclic) bond motifs is 2. The van der Waals surface area contributed by atoms with E-state index in [1.165, 1.54) is 19.4 Å². The zero-order chi connectivity index (χ0) is 15.8. The molecule has 2 N–H and O–H groups in total. The minimum absolute atomic E-state index is 0.152. The van der Waals surface area contributed by atoms with E-state index in [1.807, 2.05) is 24.3 Å². The van der Waals surface area contributed by atoms with Gasteiger partial charge in [-0.2, -0.15) is 0 Å². The molecule has 0 aliphatic carbocycles. The first-order valence-corrected chi connectivity index (χ1v) is 8.23. The van der Waals surface area contributed by atoms with Gasteiger partial charge >= 0.3 is 0 Å². The second-order valence-corrected chi connectivity index (χ2v) is 6.41. The Kier molecular flexibility index (Phi) is 3.61. The maximum atomic E-state index is 11.4. The quantitative estimate of drug-likeness (QED) is 0.913. The number of piperazine rings is 1. The number of nitrogens with two attached hydrogens (primary N) is 1. The molecule has 0 radical (unpaired) electrons. The van der Waals surface area contributed by atoms with Crippen LogP contribution in [0.25, 0.3) is 10.9 Å². The maximum absolute atomic E-state index is 11.4. The molecule has 2 aromatic rings. The van der Waals surface area contributed by atoms with Gasteiger partial charge in [-0.3, -0.25) is 9.69 Å². The van der Waals surface area contributed by atoms with Crippen LogP contribution in [0.3, 0.4) is 0 Å². The van der Waals surface area contributed by atoms with Crippen LogP contribution in [0.2, 0.25) is 0 Å². The van der Waals surface area contributed by atoms with E-state index in [0.29, 0.717) is 6.04 Å². The molecule has 2 aliphatic heterocycles. The first kappa shape index (κ1) is 14.4. The highest BCUT2D eigenvalue weighted by atomic mass is 16.1. The molecule has 1 atom stereocenters. The number of benzene rings is 1. The van der Waals surface area contributed by atoms with Gasteiger partial charge in [-0.1, -0.05) is 18.2 Å². The summed E-state index contributed by atoms with van der Waals surface area (Å²) in [4.78, 5) is 25.6. The Morgan fingerprint density at radius 1 is 1.22 bits per heavy atom. The van der Waals surface area contributed by atoms with Crippen molar-refractivity contribution in [2.45, 2.75) is 25.3 Å². The van der Waals surface area contributed by atoms with Crippen molar-refractivity contribution >= 4 is 22.8 Å². The largest absolute Gasteiger partial charge is 0.369 e. The number of para-hydroxylation sites is 1. The molecule has 2 saturated heterocycles. The molecule has 0 spiro atoms. The third-order valence-electron chi connectivity index (χ3n) is 4.88. The maximum Gasteiger partial charge on any atom is 0.226 e. The summed E-state index contributed by atoms with van der Waals surface area (Å²) in [6.07, 6.45) is 2.68. The lowest BCUT2D eigenvalue weighted by Crippen LogP contribution is -2.50. The van der Waals surface area contributed by atoms with Gasteiger partial charge in [0, 0.05) is 31.1 Å². The van der Waals surface area contributed by atoms with Crippen molar-refractivity contribution in [2.75, 3.05) is 31.1 Å². The Hall–Kier alpha value is -2.21. The lowest BCUT2D eigenvalue weighted by Gasteiger charge is -2.37. The molecule has 1 unspecified atom stereocenters. The van der Waals surface area contributed by atoms with Crippen LogP contribution in [0.15, 0.2) is 24.3 Å². The number of rotatable bonds is 3. The molecule has 1 aromatic carbocycles. The number of anilines is 1. The molecule has 6 nitrogen and oxygen atoms in total. The van der Waals surface area contributed by atoms with Crippen molar-refractivity contribution in [3.8, 4) is 0 Å². The van der Waals surface area contributed by atoms with Crippen molar-refractivity contribution in [3.05, 3.63) is 30.0 Å². The highest BCUT2D eigenvalue weighted by Crippen LogP contribution is 2.25. The summed E-state index contributed by atoms with van der Waals surface area (Å²) >= 11 is 0. The first-order valence-electron chi connectivity index (χ1n) is 8.23. The number of carbonyl (C=O) groups excluding carboxylic acids is 1. The second-order valence-electron chi connectivity index (χ2n) is 6.41. The summed E-state index contributed by atoms with van der Waals surface area (Å²) < 4.78 is 0. The van der Waals surface area contributed by atoms with Crippen LogP contribution >= 0.6 is 0 Å². The summed E-state index contributed by atoms with van der Waals surface area (Å²) in [6.45, 7) is 4.18. The number of carbonyl (C=O) groups is 1. The number of aromatic nitrogens is 2. The highest BCUT2D eigenvalue weighted by molar-refractivity contribution is 5.87. The molecule has 120 valence electrons. The Morgan fingerprint density at radius 3 is 2.96 bits per heavy atom. The number of nitrogens with zero attached hydrogens (tertiary/aromatic N) is 4. The number of primary amides is 1. The van der Waals surface area contributed by atoms with Gasteiger partial charge in [-0.25, -0.2) is 9.97 Å². The molecular weight excluding hydrogens is 290 g/mol. The molecule has 1 amide bonds. The smallest absolute Gasteiger partial charge is 0.226 e. The second kappa shape index (κ2) is 5.77. The van der Waals surface area contributed by atoms with E-state index < -0.39 is 0 Å². The summed E-state index contributed by atoms with van der Waals surface area (Å²) in [5.74, 6) is 0.368. The average molecular weight is 311 g/mol. The van der Waals surface area contributed by atoms with Crippen LogP contribution in [0.5, 0.6) is 0 Å². The summed E-state index contributed by atoms with van der Waals surface area (Å²) in [7, 11) is 0. The molecule has 1 aromatic heterocycles. The van der Waals surface area contributed by atoms with Gasteiger partial charge < -0.3 is 10.6 Å². The highest BCUT2D eigenvalue weighted by Gasteiger charge is 2.31. The van der Waals surface area contributed by atoms with Crippen LogP contribution in [0, 0.1) is 0 Å². The number of amides is 1. The average Bonchev–Trinajstić information content (AvgIpc) is 3.01. The van der Waals surface area contributed by atoms with Crippen LogP contribution in [0.4, 0.5) is 5.95 Å². The van der Waals surface area contributed by atoms with Gasteiger partial charge in [0.15, 0.2) is 0 Å². The third-order valence-corrected chi connectivity index (χ3v) is 4.88. The lowest BCUT2D eigenvalue weighted by atomic mass is 10.1. The number of hydrogen-bond donors (Lipinski definition) is 1. The molecule has 0 saturated carbocycles. The van der Waals surface area contributed by atoms with E-state index >= 15 is 0 Å². The SMILES string of the molecule is NC(=O)Cc1nc(N2CCN3CCCC3C2)nc2ccccc12. The van der Waals surface area contributed by atoms with Gasteiger partial charge in [0.2, 0.25) is 11.9 Å². The molecular formula is C17H21N5O. The molecule has 3 heterocycles. The Morgan fingerprint density at radius 2 is 2.09 bits per heavy atom. The van der Waals surface area contributed by atoms with E-state index in [1.54, 1.807) is 0 Å². The minimum Gasteiger partial charge on any atom is -0.369 e. The Bertz CT molecular complexity index is 747. The van der Waals surface area contributed by atoms with Gasteiger partial charge in [-0.15, -0.1) is 0 Å². The fourth-order valence-corrected chi connectivity index (χ4v) is 3.74. The van der Waals surface area contributed by atoms with Gasteiger partial charge in [0.1, 0.15) is 0 Å². The summed E-state index contributed by atoms with van der Waals surface area (Å²) in [5.41, 5.74) is 7.00.